The first-order valence-electron chi connectivity index (χ1n) is 7.81. The van der Waals surface area contributed by atoms with E-state index in [1.807, 2.05) is 4.90 Å². The van der Waals surface area contributed by atoms with E-state index < -0.39 is 0 Å². The lowest BCUT2D eigenvalue weighted by Crippen LogP contribution is -2.49. The van der Waals surface area contributed by atoms with Crippen LogP contribution in [0, 0.1) is 0 Å². The first kappa shape index (κ1) is 16.7. The van der Waals surface area contributed by atoms with Crippen molar-refractivity contribution in [1.29, 1.82) is 0 Å². The maximum atomic E-state index is 11.9. The highest BCUT2D eigenvalue weighted by atomic mass is 32.1. The molecule has 1 aromatic heterocycles. The number of nitrogens with one attached hydrogen (secondary N) is 2. The van der Waals surface area contributed by atoms with Crippen molar-refractivity contribution in [3.8, 4) is 0 Å². The number of rotatable bonds is 5. The van der Waals surface area contributed by atoms with Crippen LogP contribution in [-0.4, -0.2) is 47.5 Å². The molecule has 3 amide bonds. The Morgan fingerprint density at radius 1 is 1.41 bits per heavy atom. The average Bonchev–Trinajstić information content (AvgIpc) is 2.96. The summed E-state index contributed by atoms with van der Waals surface area (Å²) in [6.45, 7) is 5.71. The number of carbonyl (C=O) groups excluding carboxylic acids is 2. The Bertz CT molecular complexity index is 509. The molecule has 22 heavy (non-hydrogen) atoms. The third-order valence-corrected chi connectivity index (χ3v) is 4.89. The number of piperidine rings is 1. The molecule has 122 valence electrons. The molecule has 0 unspecified atom stereocenters. The largest absolute Gasteiger partial charge is 0.343 e. The van der Waals surface area contributed by atoms with Gasteiger partial charge in [0.1, 0.15) is 0 Å². The highest BCUT2D eigenvalue weighted by molar-refractivity contribution is 7.09. The van der Waals surface area contributed by atoms with Gasteiger partial charge in [0.15, 0.2) is 0 Å². The minimum absolute atomic E-state index is 0.109. The predicted molar refractivity (Wildman–Crippen MR) is 87.0 cm³/mol. The van der Waals surface area contributed by atoms with Crippen molar-refractivity contribution in [3.05, 3.63) is 16.1 Å². The number of amides is 3. The minimum Gasteiger partial charge on any atom is -0.343 e. The summed E-state index contributed by atoms with van der Waals surface area (Å²) in [5.41, 5.74) is 1.04. The summed E-state index contributed by atoms with van der Waals surface area (Å²) in [5, 5.41) is 9.04. The van der Waals surface area contributed by atoms with Gasteiger partial charge in [0.25, 0.3) is 0 Å². The molecule has 6 nitrogen and oxygen atoms in total. The van der Waals surface area contributed by atoms with Gasteiger partial charge in [-0.1, -0.05) is 6.92 Å². The Morgan fingerprint density at radius 2 is 2.14 bits per heavy atom. The second-order valence-electron chi connectivity index (χ2n) is 5.52. The number of hydrogen-bond acceptors (Lipinski definition) is 4. The Balaban J connectivity index is 1.63. The van der Waals surface area contributed by atoms with Gasteiger partial charge in [-0.3, -0.25) is 4.79 Å². The van der Waals surface area contributed by atoms with Crippen LogP contribution >= 0.6 is 11.3 Å². The lowest BCUT2D eigenvalue weighted by Gasteiger charge is -2.31. The van der Waals surface area contributed by atoms with Gasteiger partial charge in [-0.2, -0.15) is 0 Å². The monoisotopic (exact) mass is 324 g/mol. The van der Waals surface area contributed by atoms with Crippen LogP contribution in [0.1, 0.15) is 37.4 Å². The Kier molecular flexibility index (Phi) is 6.18. The van der Waals surface area contributed by atoms with Gasteiger partial charge >= 0.3 is 6.03 Å². The number of urea groups is 1. The first-order valence-corrected chi connectivity index (χ1v) is 8.69. The SMILES string of the molecule is CCc1nc(CCNC(=O)NC2CCN(C(C)=O)CC2)cs1. The van der Waals surface area contributed by atoms with E-state index in [-0.39, 0.29) is 18.0 Å². The van der Waals surface area contributed by atoms with E-state index in [0.29, 0.717) is 6.54 Å². The zero-order valence-corrected chi connectivity index (χ0v) is 14.0. The Labute approximate surface area is 135 Å². The van der Waals surface area contributed by atoms with E-state index in [1.54, 1.807) is 18.3 Å². The van der Waals surface area contributed by atoms with Crippen LogP contribution in [0.5, 0.6) is 0 Å². The van der Waals surface area contributed by atoms with E-state index >= 15 is 0 Å². The van der Waals surface area contributed by atoms with Crippen molar-refractivity contribution in [2.24, 2.45) is 0 Å². The highest BCUT2D eigenvalue weighted by Gasteiger charge is 2.21. The van der Waals surface area contributed by atoms with Crippen LogP contribution in [0.25, 0.3) is 0 Å². The van der Waals surface area contributed by atoms with Crippen molar-refractivity contribution < 1.29 is 9.59 Å². The summed E-state index contributed by atoms with van der Waals surface area (Å²) in [6, 6.07) is 0.0220. The van der Waals surface area contributed by atoms with Crippen molar-refractivity contribution in [2.75, 3.05) is 19.6 Å². The van der Waals surface area contributed by atoms with Crippen LogP contribution in [0.2, 0.25) is 0 Å². The standard InChI is InChI=1S/C15H24N4O2S/c1-3-14-17-13(10-22-14)4-7-16-15(21)18-12-5-8-19(9-6-12)11(2)20/h10,12H,3-9H2,1-2H3,(H2,16,18,21). The van der Waals surface area contributed by atoms with Gasteiger partial charge in [-0.05, 0) is 19.3 Å². The second kappa shape index (κ2) is 8.12. The van der Waals surface area contributed by atoms with Crippen LogP contribution in [0.3, 0.4) is 0 Å². The molecule has 7 heteroatoms. The molecule has 0 spiro atoms. The molecule has 2 N–H and O–H groups in total. The number of aromatic nitrogens is 1. The lowest BCUT2D eigenvalue weighted by atomic mass is 10.1. The Hall–Kier alpha value is -1.63. The molecule has 1 aliphatic rings. The summed E-state index contributed by atoms with van der Waals surface area (Å²) < 4.78 is 0. The number of carbonyl (C=O) groups is 2. The fraction of sp³-hybridized carbons (Fsp3) is 0.667. The van der Waals surface area contributed by atoms with E-state index in [9.17, 15) is 9.59 Å². The van der Waals surface area contributed by atoms with Crippen molar-refractivity contribution in [3.63, 3.8) is 0 Å². The summed E-state index contributed by atoms with van der Waals surface area (Å²) in [7, 11) is 0. The molecule has 0 aromatic carbocycles. The van der Waals surface area contributed by atoms with E-state index in [4.69, 9.17) is 0 Å². The fourth-order valence-corrected chi connectivity index (χ4v) is 3.28. The molecule has 2 heterocycles. The smallest absolute Gasteiger partial charge is 0.315 e. The van der Waals surface area contributed by atoms with Gasteiger partial charge in [0.05, 0.1) is 10.7 Å². The second-order valence-corrected chi connectivity index (χ2v) is 6.46. The zero-order chi connectivity index (χ0) is 15.9. The molecule has 0 aliphatic carbocycles. The van der Waals surface area contributed by atoms with Gasteiger partial charge in [-0.15, -0.1) is 11.3 Å². The topological polar surface area (TPSA) is 74.3 Å². The number of hydrogen-bond donors (Lipinski definition) is 2. The van der Waals surface area contributed by atoms with Crippen LogP contribution in [0.15, 0.2) is 5.38 Å². The van der Waals surface area contributed by atoms with Gasteiger partial charge in [0.2, 0.25) is 5.91 Å². The van der Waals surface area contributed by atoms with E-state index in [2.05, 4.69) is 27.9 Å². The fourth-order valence-electron chi connectivity index (χ4n) is 2.51. The van der Waals surface area contributed by atoms with Gasteiger partial charge < -0.3 is 15.5 Å². The van der Waals surface area contributed by atoms with Crippen LogP contribution in [0.4, 0.5) is 4.79 Å². The molecule has 1 aromatic rings. The summed E-state index contributed by atoms with van der Waals surface area (Å²) in [5.74, 6) is 0.109. The molecular weight excluding hydrogens is 300 g/mol. The lowest BCUT2D eigenvalue weighted by molar-refractivity contribution is -0.129. The maximum Gasteiger partial charge on any atom is 0.315 e. The Morgan fingerprint density at radius 3 is 2.73 bits per heavy atom. The molecular formula is C15H24N4O2S. The normalized spacial score (nSPS) is 15.6. The number of likely N-dealkylation sites (tertiary alicyclic amines) is 1. The number of aryl methyl sites for hydroxylation is 1. The van der Waals surface area contributed by atoms with Crippen molar-refractivity contribution in [1.82, 2.24) is 20.5 Å². The minimum atomic E-state index is -0.132. The van der Waals surface area contributed by atoms with E-state index in [0.717, 1.165) is 49.5 Å². The first-order chi connectivity index (χ1) is 10.6. The van der Waals surface area contributed by atoms with Crippen molar-refractivity contribution >= 4 is 23.3 Å². The summed E-state index contributed by atoms with van der Waals surface area (Å²) in [6.07, 6.45) is 3.35. The quantitative estimate of drug-likeness (QED) is 0.863. The number of nitrogens with zero attached hydrogens (tertiary/aromatic N) is 2. The molecule has 1 fully saturated rings. The molecule has 0 bridgehead atoms. The van der Waals surface area contributed by atoms with Crippen molar-refractivity contribution in [2.45, 2.75) is 45.6 Å². The van der Waals surface area contributed by atoms with Gasteiger partial charge in [-0.25, -0.2) is 9.78 Å². The molecule has 0 radical (unpaired) electrons. The average molecular weight is 324 g/mol. The zero-order valence-electron chi connectivity index (χ0n) is 13.2. The maximum absolute atomic E-state index is 11.9. The van der Waals surface area contributed by atoms with Crippen LogP contribution in [-0.2, 0) is 17.6 Å². The molecule has 2 rings (SSSR count). The predicted octanol–water partition coefficient (Wildman–Crippen LogP) is 1.56. The summed E-state index contributed by atoms with van der Waals surface area (Å²) >= 11 is 1.67. The number of thiazole rings is 1. The molecule has 1 saturated heterocycles. The van der Waals surface area contributed by atoms with Crippen LogP contribution < -0.4 is 10.6 Å². The van der Waals surface area contributed by atoms with E-state index in [1.165, 1.54) is 0 Å². The van der Waals surface area contributed by atoms with Gasteiger partial charge in [0, 0.05) is 44.4 Å². The molecule has 0 atom stereocenters. The molecule has 1 aliphatic heterocycles. The third-order valence-electron chi connectivity index (χ3n) is 3.84. The third kappa shape index (κ3) is 4.98. The molecule has 0 saturated carbocycles. The summed E-state index contributed by atoms with van der Waals surface area (Å²) in [4.78, 5) is 29.4. The highest BCUT2D eigenvalue weighted by Crippen LogP contribution is 2.11.